The zero-order valence-electron chi connectivity index (χ0n) is 35.3. The molecule has 302 valence electrons. The van der Waals surface area contributed by atoms with Gasteiger partial charge in [0.25, 0.3) is 0 Å². The maximum absolute atomic E-state index is 6.48. The van der Waals surface area contributed by atoms with E-state index < -0.39 is 5.41 Å². The first kappa shape index (κ1) is 37.6. The van der Waals surface area contributed by atoms with Crippen LogP contribution < -0.4 is 4.90 Å². The normalized spacial score (nSPS) is 16.1. The van der Waals surface area contributed by atoms with E-state index in [0.717, 1.165) is 67.7 Å². The molecule has 10 aromatic rings. The van der Waals surface area contributed by atoms with Gasteiger partial charge >= 0.3 is 0 Å². The van der Waals surface area contributed by atoms with Crippen LogP contribution in [0.1, 0.15) is 33.4 Å². The Hall–Kier alpha value is -8.20. The summed E-state index contributed by atoms with van der Waals surface area (Å²) in [5, 5.41) is 2.26. The number of fused-ring (bicyclic) bond motifs is 12. The summed E-state index contributed by atoms with van der Waals surface area (Å²) in [6.07, 6.45) is 9.50. The minimum Gasteiger partial charge on any atom is -0.455 e. The van der Waals surface area contributed by atoms with Crippen molar-refractivity contribution in [2.24, 2.45) is 0 Å². The van der Waals surface area contributed by atoms with Gasteiger partial charge < -0.3 is 9.32 Å². The van der Waals surface area contributed by atoms with Crippen molar-refractivity contribution in [2.45, 2.75) is 11.8 Å². The molecule has 2 heteroatoms. The van der Waals surface area contributed by atoms with E-state index in [1.165, 1.54) is 50.1 Å². The molecule has 9 aromatic carbocycles. The van der Waals surface area contributed by atoms with E-state index >= 15 is 0 Å². The molecule has 0 saturated heterocycles. The lowest BCUT2D eigenvalue weighted by Crippen LogP contribution is -2.31. The summed E-state index contributed by atoms with van der Waals surface area (Å²) in [7, 11) is 0. The third-order valence-electron chi connectivity index (χ3n) is 13.3. The van der Waals surface area contributed by atoms with Crippen LogP contribution in [0.5, 0.6) is 0 Å². The Morgan fingerprint density at radius 2 is 1.00 bits per heavy atom. The van der Waals surface area contributed by atoms with Gasteiger partial charge in [0.15, 0.2) is 0 Å². The van der Waals surface area contributed by atoms with Crippen LogP contribution in [0.15, 0.2) is 248 Å². The van der Waals surface area contributed by atoms with E-state index in [9.17, 15) is 0 Å². The molecule has 0 amide bonds. The van der Waals surface area contributed by atoms with Gasteiger partial charge in [-0.25, -0.2) is 0 Å². The van der Waals surface area contributed by atoms with E-state index in [2.05, 4.69) is 236 Å². The third kappa shape index (κ3) is 5.95. The molecule has 1 aromatic heterocycles. The number of para-hydroxylation sites is 2. The van der Waals surface area contributed by atoms with Gasteiger partial charge in [0.05, 0.1) is 5.41 Å². The number of nitrogens with zero attached hydrogens (tertiary/aromatic N) is 1. The van der Waals surface area contributed by atoms with Gasteiger partial charge in [0.1, 0.15) is 11.2 Å². The average molecular weight is 818 g/mol. The minimum atomic E-state index is -0.589. The lowest BCUT2D eigenvalue weighted by atomic mass is 9.64. The molecule has 2 aliphatic carbocycles. The Labute approximate surface area is 374 Å². The Bertz CT molecular complexity index is 3480. The van der Waals surface area contributed by atoms with Crippen molar-refractivity contribution in [3.05, 3.63) is 277 Å². The standard InChI is InChI=1S/C62H43NO/c1-42-17-4-2-7-20-46-21-8-12-27-56(46)62(57-28-13-9-22-50(42)57)58-29-14-10-23-52(58)55-41-49(39-40-59(55)62)63(47-35-31-44(32-36-47)43-18-5-3-6-19-43)48-37-33-45(34-38-48)51-25-16-26-54-53-24-11-15-30-60(53)64-61(51)54/h2-19,21-41H,1,20H2/b7-2-,17-4-. The quantitative estimate of drug-likeness (QED) is 0.172. The highest BCUT2D eigenvalue weighted by molar-refractivity contribution is 6.09. The maximum atomic E-state index is 6.48. The van der Waals surface area contributed by atoms with Crippen LogP contribution in [0.3, 0.4) is 0 Å². The number of hydrogen-bond donors (Lipinski definition) is 0. The van der Waals surface area contributed by atoms with Crippen molar-refractivity contribution in [3.63, 3.8) is 0 Å². The average Bonchev–Trinajstić information content (AvgIpc) is 3.88. The number of rotatable bonds is 5. The molecule has 0 N–H and O–H groups in total. The van der Waals surface area contributed by atoms with E-state index in [-0.39, 0.29) is 0 Å². The van der Waals surface area contributed by atoms with E-state index in [1.54, 1.807) is 0 Å². The van der Waals surface area contributed by atoms with Crippen LogP contribution >= 0.6 is 0 Å². The van der Waals surface area contributed by atoms with Crippen LogP contribution in [-0.2, 0) is 11.8 Å². The highest BCUT2D eigenvalue weighted by Crippen LogP contribution is 2.59. The third-order valence-corrected chi connectivity index (χ3v) is 13.3. The number of anilines is 3. The topological polar surface area (TPSA) is 16.4 Å². The number of furan rings is 1. The Morgan fingerprint density at radius 1 is 0.422 bits per heavy atom. The number of hydrogen-bond acceptors (Lipinski definition) is 2. The molecule has 64 heavy (non-hydrogen) atoms. The van der Waals surface area contributed by atoms with Gasteiger partial charge in [-0.3, -0.25) is 0 Å². The largest absolute Gasteiger partial charge is 0.455 e. The molecule has 0 bridgehead atoms. The molecule has 2 nitrogen and oxygen atoms in total. The van der Waals surface area contributed by atoms with E-state index in [1.807, 2.05) is 12.1 Å². The highest BCUT2D eigenvalue weighted by atomic mass is 16.3. The van der Waals surface area contributed by atoms with Crippen molar-refractivity contribution in [2.75, 3.05) is 4.90 Å². The molecular formula is C62H43NO. The smallest absolute Gasteiger partial charge is 0.143 e. The van der Waals surface area contributed by atoms with Crippen LogP contribution in [0.25, 0.3) is 60.9 Å². The second kappa shape index (κ2) is 15.3. The van der Waals surface area contributed by atoms with Crippen LogP contribution in [0, 0.1) is 0 Å². The van der Waals surface area contributed by atoms with Gasteiger partial charge in [0.2, 0.25) is 0 Å². The van der Waals surface area contributed by atoms with Gasteiger partial charge in [-0.2, -0.15) is 0 Å². The monoisotopic (exact) mass is 817 g/mol. The Kier molecular flexibility index (Phi) is 8.98. The molecule has 1 heterocycles. The van der Waals surface area contributed by atoms with Gasteiger partial charge in [0, 0.05) is 33.4 Å². The fraction of sp³-hybridized carbons (Fsp3) is 0.0323. The summed E-state index contributed by atoms with van der Waals surface area (Å²) in [4.78, 5) is 2.39. The molecule has 0 saturated carbocycles. The molecule has 1 atom stereocenters. The zero-order chi connectivity index (χ0) is 42.6. The minimum absolute atomic E-state index is 0.589. The summed E-state index contributed by atoms with van der Waals surface area (Å²) in [6, 6.07) is 77.3. The molecule has 2 aliphatic rings. The van der Waals surface area contributed by atoms with Crippen LogP contribution in [0.2, 0.25) is 0 Å². The molecule has 1 unspecified atom stereocenters. The predicted molar refractivity (Wildman–Crippen MR) is 268 cm³/mol. The van der Waals surface area contributed by atoms with E-state index in [0.29, 0.717) is 0 Å². The van der Waals surface area contributed by atoms with Gasteiger partial charge in [-0.05, 0) is 116 Å². The Morgan fingerprint density at radius 3 is 1.80 bits per heavy atom. The SMILES string of the molecule is C=C1/C=C\C=C/Cc2ccccc2C2(c3ccccc31)c1ccccc1-c1cc(N(c3ccc(-c4ccccc4)cc3)c3ccc(-c4cccc5c4oc4ccccc45)cc3)ccc12. The first-order chi connectivity index (χ1) is 31.7. The van der Waals surface area contributed by atoms with Gasteiger partial charge in [-0.15, -0.1) is 0 Å². The van der Waals surface area contributed by atoms with Crippen molar-refractivity contribution in [1.82, 2.24) is 0 Å². The lowest BCUT2D eigenvalue weighted by molar-refractivity contribution is 0.670. The summed E-state index contributed by atoms with van der Waals surface area (Å²) in [5.74, 6) is 0. The fourth-order valence-corrected chi connectivity index (χ4v) is 10.5. The molecule has 1 spiro atoms. The van der Waals surface area contributed by atoms with Crippen molar-refractivity contribution in [3.8, 4) is 33.4 Å². The lowest BCUT2D eigenvalue weighted by Gasteiger charge is -2.37. The van der Waals surface area contributed by atoms with Gasteiger partial charge in [-0.1, -0.05) is 201 Å². The second-order valence-electron chi connectivity index (χ2n) is 16.8. The van der Waals surface area contributed by atoms with E-state index in [4.69, 9.17) is 4.42 Å². The second-order valence-corrected chi connectivity index (χ2v) is 16.8. The zero-order valence-corrected chi connectivity index (χ0v) is 35.3. The first-order valence-corrected chi connectivity index (χ1v) is 22.1. The molecule has 0 radical (unpaired) electrons. The van der Waals surface area contributed by atoms with Crippen LogP contribution in [-0.4, -0.2) is 0 Å². The predicted octanol–water partition coefficient (Wildman–Crippen LogP) is 16.4. The fourth-order valence-electron chi connectivity index (χ4n) is 10.5. The van der Waals surface area contributed by atoms with Crippen LogP contribution in [0.4, 0.5) is 17.1 Å². The number of benzene rings is 9. The van der Waals surface area contributed by atoms with Crippen molar-refractivity contribution < 1.29 is 4.42 Å². The summed E-state index contributed by atoms with van der Waals surface area (Å²) >= 11 is 0. The summed E-state index contributed by atoms with van der Waals surface area (Å²) in [6.45, 7) is 4.63. The van der Waals surface area contributed by atoms with Crippen molar-refractivity contribution >= 4 is 44.6 Å². The summed E-state index contributed by atoms with van der Waals surface area (Å²) in [5.41, 5.74) is 20.0. The highest BCUT2D eigenvalue weighted by Gasteiger charge is 2.48. The first-order valence-electron chi connectivity index (χ1n) is 22.1. The Balaban J connectivity index is 1.06. The maximum Gasteiger partial charge on any atom is 0.143 e. The molecular weight excluding hydrogens is 775 g/mol. The number of allylic oxidation sites excluding steroid dienone is 5. The molecule has 0 aliphatic heterocycles. The summed E-state index contributed by atoms with van der Waals surface area (Å²) < 4.78 is 6.48. The molecule has 0 fully saturated rings. The van der Waals surface area contributed by atoms with Crippen molar-refractivity contribution in [1.29, 1.82) is 0 Å². The molecule has 12 rings (SSSR count).